The van der Waals surface area contributed by atoms with Gasteiger partial charge in [-0.1, -0.05) is 0 Å². The molecule has 12 heteroatoms. The van der Waals surface area contributed by atoms with Gasteiger partial charge in [-0.05, 0) is 30.3 Å². The fourth-order valence-corrected chi connectivity index (χ4v) is 5.44. The second kappa shape index (κ2) is 10.9. The molecule has 0 radical (unpaired) electrons. The Morgan fingerprint density at radius 3 is 2.46 bits per heavy atom. The molecule has 3 aromatic rings. The largest absolute Gasteiger partial charge is 0.493 e. The summed E-state index contributed by atoms with van der Waals surface area (Å²) >= 11 is 0. The molecule has 0 saturated carbocycles. The van der Waals surface area contributed by atoms with Crippen molar-refractivity contribution in [1.82, 2.24) is 9.88 Å². The summed E-state index contributed by atoms with van der Waals surface area (Å²) in [5.41, 5.74) is 0.539. The lowest BCUT2D eigenvalue weighted by molar-refractivity contribution is 0.0398. The molecular formula is C25H29N3O8S. The molecule has 0 spiro atoms. The van der Waals surface area contributed by atoms with Crippen LogP contribution in [0.1, 0.15) is 0 Å². The van der Waals surface area contributed by atoms with Crippen LogP contribution in [-0.4, -0.2) is 85.1 Å². The van der Waals surface area contributed by atoms with Crippen LogP contribution in [0.3, 0.4) is 0 Å². The zero-order chi connectivity index (χ0) is 25.8. The summed E-state index contributed by atoms with van der Waals surface area (Å²) in [7, 11) is -1.01. The highest BCUT2D eigenvalue weighted by molar-refractivity contribution is 7.91. The molecule has 1 saturated heterocycles. The molecular weight excluding hydrogens is 502 g/mol. The number of morpholine rings is 1. The second-order valence-corrected chi connectivity index (χ2v) is 10.3. The number of ether oxygens (including phenoxy) is 5. The molecule has 1 aromatic heterocycles. The van der Waals surface area contributed by atoms with Crippen molar-refractivity contribution in [3.8, 4) is 34.5 Å². The third kappa shape index (κ3) is 5.31. The van der Waals surface area contributed by atoms with Crippen LogP contribution in [0.25, 0.3) is 11.5 Å². The van der Waals surface area contributed by atoms with Crippen LogP contribution < -0.4 is 24.3 Å². The van der Waals surface area contributed by atoms with Crippen molar-refractivity contribution < 1.29 is 36.5 Å². The van der Waals surface area contributed by atoms with E-state index in [1.807, 2.05) is 0 Å². The number of aromatic nitrogens is 1. The van der Waals surface area contributed by atoms with Crippen molar-refractivity contribution in [3.05, 3.63) is 36.4 Å². The predicted molar refractivity (Wildman–Crippen MR) is 134 cm³/mol. The molecule has 0 amide bonds. The number of rotatable bonds is 9. The van der Waals surface area contributed by atoms with Gasteiger partial charge in [0, 0.05) is 37.8 Å². The number of methoxy groups -OCH3 is 2. The summed E-state index contributed by atoms with van der Waals surface area (Å²) in [4.78, 5) is 6.68. The van der Waals surface area contributed by atoms with Crippen LogP contribution in [0, 0.1) is 0 Å². The van der Waals surface area contributed by atoms with Crippen LogP contribution in [0.5, 0.6) is 23.0 Å². The maximum Gasteiger partial charge on any atom is 0.233 e. The smallest absolute Gasteiger partial charge is 0.233 e. The van der Waals surface area contributed by atoms with Crippen molar-refractivity contribution in [2.24, 2.45) is 0 Å². The van der Waals surface area contributed by atoms with Gasteiger partial charge in [0.25, 0.3) is 0 Å². The van der Waals surface area contributed by atoms with Crippen molar-refractivity contribution in [1.29, 1.82) is 0 Å². The van der Waals surface area contributed by atoms with E-state index in [0.29, 0.717) is 68.1 Å². The van der Waals surface area contributed by atoms with Crippen LogP contribution in [0.2, 0.25) is 0 Å². The number of hydrogen-bond acceptors (Lipinski definition) is 11. The Kier molecular flexibility index (Phi) is 7.40. The first-order valence-electron chi connectivity index (χ1n) is 11.9. The zero-order valence-electron chi connectivity index (χ0n) is 20.7. The molecule has 3 heterocycles. The minimum atomic E-state index is -4.07. The van der Waals surface area contributed by atoms with E-state index in [9.17, 15) is 8.42 Å². The number of sulfone groups is 1. The number of oxazole rings is 1. The number of hydrogen-bond donors (Lipinski definition) is 1. The standard InChI is InChI=1S/C25H29N3O8S/c1-31-19-5-3-17(15-21(19)32-2)23-27-25(24(36-23)26-7-8-28-9-11-33-12-10-28)37(29,30)18-4-6-20-22(16-18)35-14-13-34-20/h3-6,15-16,26H,7-14H2,1-2H3. The maximum absolute atomic E-state index is 13.7. The van der Waals surface area contributed by atoms with E-state index < -0.39 is 9.84 Å². The van der Waals surface area contributed by atoms with Gasteiger partial charge in [-0.2, -0.15) is 4.98 Å². The van der Waals surface area contributed by atoms with Gasteiger partial charge in [0.1, 0.15) is 13.2 Å². The SMILES string of the molecule is COc1ccc(-c2nc(S(=O)(=O)c3ccc4c(c3)OCCO4)c(NCCN3CCOCC3)o2)cc1OC. The molecule has 198 valence electrons. The second-order valence-electron chi connectivity index (χ2n) is 8.41. The average molecular weight is 532 g/mol. The Bertz CT molecular complexity index is 1350. The highest BCUT2D eigenvalue weighted by atomic mass is 32.2. The van der Waals surface area contributed by atoms with Crippen molar-refractivity contribution in [2.75, 3.05) is 72.1 Å². The number of benzene rings is 2. The van der Waals surface area contributed by atoms with E-state index in [1.165, 1.54) is 26.4 Å². The third-order valence-electron chi connectivity index (χ3n) is 6.12. The quantitative estimate of drug-likeness (QED) is 0.439. The minimum Gasteiger partial charge on any atom is -0.493 e. The fourth-order valence-electron chi connectivity index (χ4n) is 4.15. The van der Waals surface area contributed by atoms with Crippen LogP contribution in [0.15, 0.2) is 50.7 Å². The summed E-state index contributed by atoms with van der Waals surface area (Å²) in [5.74, 6) is 2.07. The number of nitrogens with one attached hydrogen (secondary N) is 1. The first-order chi connectivity index (χ1) is 18.0. The van der Waals surface area contributed by atoms with Crippen LogP contribution >= 0.6 is 0 Å². The summed E-state index contributed by atoms with van der Waals surface area (Å²) < 4.78 is 60.7. The first-order valence-corrected chi connectivity index (χ1v) is 13.4. The number of fused-ring (bicyclic) bond motifs is 1. The molecule has 0 bridgehead atoms. The molecule has 5 rings (SSSR count). The molecule has 1 N–H and O–H groups in total. The van der Waals surface area contributed by atoms with E-state index in [0.717, 1.165) is 13.1 Å². The molecule has 0 unspecified atom stereocenters. The van der Waals surface area contributed by atoms with Crippen LogP contribution in [0.4, 0.5) is 5.88 Å². The Hall–Kier alpha value is -3.48. The van der Waals surface area contributed by atoms with Gasteiger partial charge < -0.3 is 33.4 Å². The topological polar surface area (TPSA) is 122 Å². The highest BCUT2D eigenvalue weighted by Crippen LogP contribution is 2.38. The summed E-state index contributed by atoms with van der Waals surface area (Å²) in [6, 6.07) is 9.63. The van der Waals surface area contributed by atoms with Crippen molar-refractivity contribution >= 4 is 15.7 Å². The van der Waals surface area contributed by atoms with Gasteiger partial charge in [-0.15, -0.1) is 0 Å². The van der Waals surface area contributed by atoms with Gasteiger partial charge in [-0.25, -0.2) is 8.42 Å². The first kappa shape index (κ1) is 25.2. The molecule has 0 aliphatic carbocycles. The summed E-state index contributed by atoms with van der Waals surface area (Å²) in [6.07, 6.45) is 0. The molecule has 0 atom stereocenters. The van der Waals surface area contributed by atoms with E-state index in [-0.39, 0.29) is 21.7 Å². The van der Waals surface area contributed by atoms with Gasteiger partial charge in [0.15, 0.2) is 23.0 Å². The average Bonchev–Trinajstić information content (AvgIpc) is 3.38. The van der Waals surface area contributed by atoms with Gasteiger partial charge in [0.2, 0.25) is 26.6 Å². The lowest BCUT2D eigenvalue weighted by Gasteiger charge is -2.26. The fraction of sp³-hybridized carbons (Fsp3) is 0.400. The Balaban J connectivity index is 1.49. The van der Waals surface area contributed by atoms with Crippen molar-refractivity contribution in [3.63, 3.8) is 0 Å². The molecule has 11 nitrogen and oxygen atoms in total. The summed E-state index contributed by atoms with van der Waals surface area (Å²) in [6.45, 7) is 4.90. The molecule has 2 aliphatic rings. The lowest BCUT2D eigenvalue weighted by Crippen LogP contribution is -2.39. The molecule has 2 aromatic carbocycles. The monoisotopic (exact) mass is 531 g/mol. The maximum atomic E-state index is 13.7. The van der Waals surface area contributed by atoms with Crippen molar-refractivity contribution in [2.45, 2.75) is 9.92 Å². The Morgan fingerprint density at radius 2 is 1.70 bits per heavy atom. The van der Waals surface area contributed by atoms with Crippen LogP contribution in [-0.2, 0) is 14.6 Å². The lowest BCUT2D eigenvalue weighted by atomic mass is 10.2. The van der Waals surface area contributed by atoms with Gasteiger partial charge in [-0.3, -0.25) is 4.90 Å². The minimum absolute atomic E-state index is 0.0279. The van der Waals surface area contributed by atoms with Gasteiger partial charge >= 0.3 is 0 Å². The van der Waals surface area contributed by atoms with E-state index in [2.05, 4.69) is 15.2 Å². The molecule has 1 fully saturated rings. The highest BCUT2D eigenvalue weighted by Gasteiger charge is 2.30. The van der Waals surface area contributed by atoms with E-state index >= 15 is 0 Å². The Morgan fingerprint density at radius 1 is 0.946 bits per heavy atom. The molecule has 37 heavy (non-hydrogen) atoms. The van der Waals surface area contributed by atoms with E-state index in [4.69, 9.17) is 28.1 Å². The van der Waals surface area contributed by atoms with E-state index in [1.54, 1.807) is 24.3 Å². The number of nitrogens with zero attached hydrogens (tertiary/aromatic N) is 2. The van der Waals surface area contributed by atoms with Gasteiger partial charge in [0.05, 0.1) is 32.3 Å². The predicted octanol–water partition coefficient (Wildman–Crippen LogP) is 2.71. The molecule has 2 aliphatic heterocycles. The Labute approximate surface area is 215 Å². The summed E-state index contributed by atoms with van der Waals surface area (Å²) in [5, 5.41) is 2.93. The number of anilines is 1. The third-order valence-corrected chi connectivity index (χ3v) is 7.78. The zero-order valence-corrected chi connectivity index (χ0v) is 21.5. The normalized spacial score (nSPS) is 15.8.